The molecular weight excluding hydrogens is 232 g/mol. The van der Waals surface area contributed by atoms with Gasteiger partial charge in [-0.3, -0.25) is 9.48 Å². The molecule has 0 aliphatic rings. The van der Waals surface area contributed by atoms with E-state index in [2.05, 4.69) is 25.8 Å². The van der Waals surface area contributed by atoms with E-state index in [4.69, 9.17) is 11.6 Å². The molecule has 0 atom stereocenters. The fourth-order valence-corrected chi connectivity index (χ4v) is 1.32. The van der Waals surface area contributed by atoms with E-state index in [-0.39, 0.29) is 5.02 Å². The summed E-state index contributed by atoms with van der Waals surface area (Å²) in [6, 6.07) is 0. The summed E-state index contributed by atoms with van der Waals surface area (Å²) in [5.74, 6) is 0. The quantitative estimate of drug-likeness (QED) is 0.793. The Morgan fingerprint density at radius 3 is 3.19 bits per heavy atom. The number of nitrogens with one attached hydrogen (secondary N) is 2. The van der Waals surface area contributed by atoms with E-state index < -0.39 is 5.56 Å². The maximum absolute atomic E-state index is 11.1. The fourth-order valence-electron chi connectivity index (χ4n) is 1.16. The van der Waals surface area contributed by atoms with E-state index in [1.807, 2.05) is 0 Å². The average molecular weight is 241 g/mol. The Labute approximate surface area is 95.4 Å². The molecule has 84 valence electrons. The fraction of sp³-hybridized carbons (Fsp3) is 0.250. The Balaban J connectivity index is 1.95. The van der Waals surface area contributed by atoms with E-state index in [1.54, 1.807) is 17.1 Å². The van der Waals surface area contributed by atoms with Gasteiger partial charge in [0, 0.05) is 12.7 Å². The number of rotatable bonds is 4. The zero-order chi connectivity index (χ0) is 11.4. The maximum Gasteiger partial charge on any atom is 0.285 e. The molecule has 0 unspecified atom stereocenters. The molecular formula is C8H9ClN6O. The van der Waals surface area contributed by atoms with Crippen LogP contribution in [0, 0.1) is 0 Å². The highest BCUT2D eigenvalue weighted by Gasteiger charge is 2.03. The molecule has 2 aromatic rings. The highest BCUT2D eigenvalue weighted by Crippen LogP contribution is 2.13. The smallest absolute Gasteiger partial charge is 0.285 e. The van der Waals surface area contributed by atoms with Crippen LogP contribution in [0.15, 0.2) is 23.4 Å². The molecule has 2 rings (SSSR count). The summed E-state index contributed by atoms with van der Waals surface area (Å²) in [4.78, 5) is 11.1. The van der Waals surface area contributed by atoms with Crippen LogP contribution in [0.4, 0.5) is 5.69 Å². The van der Waals surface area contributed by atoms with Crippen molar-refractivity contribution in [2.45, 2.75) is 6.54 Å². The van der Waals surface area contributed by atoms with E-state index in [0.717, 1.165) is 0 Å². The molecule has 0 saturated heterocycles. The number of aromatic nitrogens is 5. The number of hydrogen-bond donors (Lipinski definition) is 2. The predicted molar refractivity (Wildman–Crippen MR) is 58.4 cm³/mol. The van der Waals surface area contributed by atoms with Gasteiger partial charge in [-0.1, -0.05) is 16.8 Å². The van der Waals surface area contributed by atoms with Gasteiger partial charge in [0.15, 0.2) is 0 Å². The monoisotopic (exact) mass is 240 g/mol. The molecule has 0 amide bonds. The van der Waals surface area contributed by atoms with E-state index in [9.17, 15) is 4.79 Å². The second-order valence-corrected chi connectivity index (χ2v) is 3.40. The lowest BCUT2D eigenvalue weighted by Gasteiger charge is -2.06. The Hall–Kier alpha value is -1.89. The second kappa shape index (κ2) is 4.75. The number of anilines is 1. The van der Waals surface area contributed by atoms with Crippen molar-refractivity contribution in [1.29, 1.82) is 0 Å². The first kappa shape index (κ1) is 10.6. The van der Waals surface area contributed by atoms with Crippen LogP contribution in [0.1, 0.15) is 0 Å². The van der Waals surface area contributed by atoms with Gasteiger partial charge in [0.2, 0.25) is 0 Å². The topological polar surface area (TPSA) is 88.5 Å². The number of hydrogen-bond acceptors (Lipinski definition) is 5. The average Bonchev–Trinajstić information content (AvgIpc) is 2.77. The lowest BCUT2D eigenvalue weighted by molar-refractivity contribution is 0.608. The molecule has 0 radical (unpaired) electrons. The van der Waals surface area contributed by atoms with Crippen LogP contribution >= 0.6 is 11.6 Å². The SMILES string of the molecule is O=c1[nH]ncc(NCCn2ccnn2)c1Cl. The van der Waals surface area contributed by atoms with Gasteiger partial charge in [0.1, 0.15) is 5.02 Å². The highest BCUT2D eigenvalue weighted by atomic mass is 35.5. The highest BCUT2D eigenvalue weighted by molar-refractivity contribution is 6.32. The van der Waals surface area contributed by atoms with E-state index in [1.165, 1.54) is 6.20 Å². The molecule has 2 heterocycles. The van der Waals surface area contributed by atoms with Crippen LogP contribution in [-0.2, 0) is 6.54 Å². The predicted octanol–water partition coefficient (Wildman–Crippen LogP) is 0.127. The van der Waals surface area contributed by atoms with Crippen molar-refractivity contribution >= 4 is 17.3 Å². The van der Waals surface area contributed by atoms with Crippen LogP contribution in [0.25, 0.3) is 0 Å². The van der Waals surface area contributed by atoms with Crippen LogP contribution in [0.3, 0.4) is 0 Å². The number of nitrogens with zero attached hydrogens (tertiary/aromatic N) is 4. The summed E-state index contributed by atoms with van der Waals surface area (Å²) < 4.78 is 1.67. The molecule has 16 heavy (non-hydrogen) atoms. The first-order chi connectivity index (χ1) is 7.77. The molecule has 0 aliphatic carbocycles. The maximum atomic E-state index is 11.1. The minimum atomic E-state index is -0.410. The van der Waals surface area contributed by atoms with Gasteiger partial charge in [-0.15, -0.1) is 5.10 Å². The van der Waals surface area contributed by atoms with Gasteiger partial charge in [-0.25, -0.2) is 5.10 Å². The second-order valence-electron chi connectivity index (χ2n) is 3.02. The Morgan fingerprint density at radius 1 is 1.56 bits per heavy atom. The third kappa shape index (κ3) is 2.37. The summed E-state index contributed by atoms with van der Waals surface area (Å²) in [7, 11) is 0. The third-order valence-corrected chi connectivity index (χ3v) is 2.30. The summed E-state index contributed by atoms with van der Waals surface area (Å²) in [6.07, 6.45) is 4.81. The zero-order valence-corrected chi connectivity index (χ0v) is 8.98. The Kier molecular flexibility index (Phi) is 3.16. The molecule has 8 heteroatoms. The zero-order valence-electron chi connectivity index (χ0n) is 8.22. The molecule has 0 bridgehead atoms. The lowest BCUT2D eigenvalue weighted by Crippen LogP contribution is -2.15. The number of H-pyrrole nitrogens is 1. The van der Waals surface area contributed by atoms with Crippen LogP contribution in [-0.4, -0.2) is 31.7 Å². The first-order valence-electron chi connectivity index (χ1n) is 4.58. The van der Waals surface area contributed by atoms with Crippen LogP contribution in [0.2, 0.25) is 5.02 Å². The lowest BCUT2D eigenvalue weighted by atomic mass is 10.4. The molecule has 2 N–H and O–H groups in total. The van der Waals surface area contributed by atoms with Gasteiger partial charge >= 0.3 is 0 Å². The summed E-state index contributed by atoms with van der Waals surface area (Å²) in [5.41, 5.74) is 0.0953. The van der Waals surface area contributed by atoms with Crippen LogP contribution in [0.5, 0.6) is 0 Å². The van der Waals surface area contributed by atoms with Crippen molar-refractivity contribution in [2.24, 2.45) is 0 Å². The summed E-state index contributed by atoms with van der Waals surface area (Å²) >= 11 is 5.77. The first-order valence-corrected chi connectivity index (χ1v) is 4.96. The van der Waals surface area contributed by atoms with Gasteiger partial charge in [0.05, 0.1) is 24.6 Å². The standard InChI is InChI=1S/C8H9ClN6O/c9-7-6(5-12-13-8(7)16)10-1-3-15-4-2-11-14-15/h2,4-5H,1,3H2,(H2,10,13,16). The number of halogens is 1. The Bertz CT molecular complexity index is 507. The Morgan fingerprint density at radius 2 is 2.44 bits per heavy atom. The molecule has 0 aromatic carbocycles. The normalized spacial score (nSPS) is 10.3. The van der Waals surface area contributed by atoms with Crippen molar-refractivity contribution < 1.29 is 0 Å². The summed E-state index contributed by atoms with van der Waals surface area (Å²) in [5, 5.41) is 16.4. The summed E-state index contributed by atoms with van der Waals surface area (Å²) in [6.45, 7) is 1.21. The molecule has 0 spiro atoms. The van der Waals surface area contributed by atoms with Gasteiger partial charge in [-0.05, 0) is 0 Å². The van der Waals surface area contributed by atoms with Crippen LogP contribution < -0.4 is 10.9 Å². The van der Waals surface area contributed by atoms with E-state index in [0.29, 0.717) is 18.8 Å². The molecule has 7 nitrogen and oxygen atoms in total. The molecule has 0 saturated carbocycles. The largest absolute Gasteiger partial charge is 0.381 e. The van der Waals surface area contributed by atoms with Crippen molar-refractivity contribution in [3.05, 3.63) is 34.0 Å². The molecule has 0 aliphatic heterocycles. The van der Waals surface area contributed by atoms with Gasteiger partial charge in [-0.2, -0.15) is 5.10 Å². The van der Waals surface area contributed by atoms with Gasteiger partial charge < -0.3 is 5.32 Å². The minimum absolute atomic E-state index is 0.105. The third-order valence-electron chi connectivity index (χ3n) is 1.92. The molecule has 2 aromatic heterocycles. The van der Waals surface area contributed by atoms with Crippen molar-refractivity contribution in [3.63, 3.8) is 0 Å². The van der Waals surface area contributed by atoms with Crippen molar-refractivity contribution in [1.82, 2.24) is 25.2 Å². The van der Waals surface area contributed by atoms with Gasteiger partial charge in [0.25, 0.3) is 5.56 Å². The minimum Gasteiger partial charge on any atom is -0.381 e. The van der Waals surface area contributed by atoms with E-state index >= 15 is 0 Å². The van der Waals surface area contributed by atoms with Crippen molar-refractivity contribution in [2.75, 3.05) is 11.9 Å². The number of aromatic amines is 1. The molecule has 0 fully saturated rings. The van der Waals surface area contributed by atoms with Crippen molar-refractivity contribution in [3.8, 4) is 0 Å².